The largest absolute Gasteiger partial charge is 0.490 e. The average Bonchev–Trinajstić information content (AvgIpc) is 2.50. The third-order valence-corrected chi connectivity index (χ3v) is 4.78. The van der Waals surface area contributed by atoms with Gasteiger partial charge >= 0.3 is 0 Å². The Morgan fingerprint density at radius 3 is 2.45 bits per heavy atom. The molecule has 4 heteroatoms. The maximum atomic E-state index is 10.1. The van der Waals surface area contributed by atoms with E-state index in [1.165, 1.54) is 5.56 Å². The fraction of sp³-hybridized carbons (Fsp3) is 0.667. The molecule has 1 saturated carbocycles. The maximum Gasteiger partial charge on any atom is 0.137 e. The molecule has 0 unspecified atom stereocenters. The zero-order valence-corrected chi connectivity index (χ0v) is 14.0. The van der Waals surface area contributed by atoms with Gasteiger partial charge in [-0.05, 0) is 50.3 Å². The second-order valence-electron chi connectivity index (χ2n) is 6.66. The number of benzene rings is 1. The quantitative estimate of drug-likeness (QED) is 0.740. The highest BCUT2D eigenvalue weighted by Gasteiger charge is 2.22. The number of nitrogens with two attached hydrogens (primary N) is 1. The molecule has 1 aromatic carbocycles. The molecule has 4 nitrogen and oxygen atoms in total. The minimum absolute atomic E-state index is 0.120. The minimum atomic E-state index is -0.467. The second kappa shape index (κ2) is 7.95. The normalized spacial score (nSPS) is 23.3. The zero-order valence-electron chi connectivity index (χ0n) is 14.0. The lowest BCUT2D eigenvalue weighted by molar-refractivity contribution is -0.697. The lowest BCUT2D eigenvalue weighted by Gasteiger charge is -2.24. The first-order valence-electron chi connectivity index (χ1n) is 8.36. The molecule has 2 rings (SSSR count). The lowest BCUT2D eigenvalue weighted by Crippen LogP contribution is -2.92. The SMILES string of the molecule is Cc1ccc(C)c(OC[C@H](O)C[NH2+]C2CCC(O)CC2)c1C. The highest BCUT2D eigenvalue weighted by Crippen LogP contribution is 2.25. The number of quaternary nitrogens is 1. The molecule has 1 aromatic rings. The second-order valence-corrected chi connectivity index (χ2v) is 6.66. The van der Waals surface area contributed by atoms with Gasteiger partial charge in [-0.1, -0.05) is 12.1 Å². The van der Waals surface area contributed by atoms with Crippen LogP contribution in [-0.4, -0.2) is 41.6 Å². The van der Waals surface area contributed by atoms with Crippen molar-refractivity contribution < 1.29 is 20.3 Å². The van der Waals surface area contributed by atoms with Gasteiger partial charge in [-0.25, -0.2) is 0 Å². The molecule has 1 aliphatic carbocycles. The summed E-state index contributed by atoms with van der Waals surface area (Å²) in [6.07, 6.45) is 3.25. The number of rotatable bonds is 6. The van der Waals surface area contributed by atoms with Crippen LogP contribution in [0, 0.1) is 20.8 Å². The highest BCUT2D eigenvalue weighted by molar-refractivity contribution is 5.44. The number of ether oxygens (including phenoxy) is 1. The molecule has 0 radical (unpaired) electrons. The fourth-order valence-electron chi connectivity index (χ4n) is 3.08. The van der Waals surface area contributed by atoms with Gasteiger partial charge in [0, 0.05) is 12.8 Å². The maximum absolute atomic E-state index is 10.1. The van der Waals surface area contributed by atoms with E-state index in [0.29, 0.717) is 19.2 Å². The summed E-state index contributed by atoms with van der Waals surface area (Å²) in [4.78, 5) is 0. The number of aliphatic hydroxyl groups excluding tert-OH is 2. The van der Waals surface area contributed by atoms with E-state index in [4.69, 9.17) is 4.74 Å². The van der Waals surface area contributed by atoms with Crippen molar-refractivity contribution in [2.75, 3.05) is 13.2 Å². The summed E-state index contributed by atoms with van der Waals surface area (Å²) >= 11 is 0. The van der Waals surface area contributed by atoms with E-state index in [9.17, 15) is 10.2 Å². The van der Waals surface area contributed by atoms with Crippen LogP contribution in [-0.2, 0) is 0 Å². The first kappa shape index (κ1) is 17.3. The van der Waals surface area contributed by atoms with Gasteiger partial charge < -0.3 is 20.3 Å². The Morgan fingerprint density at radius 2 is 1.77 bits per heavy atom. The van der Waals surface area contributed by atoms with Crippen molar-refractivity contribution in [1.82, 2.24) is 0 Å². The topological polar surface area (TPSA) is 66.3 Å². The summed E-state index contributed by atoms with van der Waals surface area (Å²) in [5.41, 5.74) is 3.47. The van der Waals surface area contributed by atoms with Crippen molar-refractivity contribution in [2.24, 2.45) is 0 Å². The number of aliphatic hydroxyl groups is 2. The van der Waals surface area contributed by atoms with Gasteiger partial charge in [0.15, 0.2) is 0 Å². The summed E-state index contributed by atoms with van der Waals surface area (Å²) < 4.78 is 5.86. The number of hydrogen-bond acceptors (Lipinski definition) is 3. The Balaban J connectivity index is 1.76. The van der Waals surface area contributed by atoms with Crippen LogP contribution in [0.4, 0.5) is 0 Å². The summed E-state index contributed by atoms with van der Waals surface area (Å²) in [7, 11) is 0. The van der Waals surface area contributed by atoms with Gasteiger partial charge in [0.25, 0.3) is 0 Å². The van der Waals surface area contributed by atoms with Crippen LogP contribution in [0.15, 0.2) is 12.1 Å². The van der Waals surface area contributed by atoms with Crippen LogP contribution >= 0.6 is 0 Å². The first-order valence-corrected chi connectivity index (χ1v) is 8.36. The molecular weight excluding hydrogens is 278 g/mol. The van der Waals surface area contributed by atoms with Crippen molar-refractivity contribution >= 4 is 0 Å². The van der Waals surface area contributed by atoms with E-state index < -0.39 is 6.10 Å². The molecule has 0 amide bonds. The van der Waals surface area contributed by atoms with Gasteiger partial charge in [-0.2, -0.15) is 0 Å². The Morgan fingerprint density at radius 1 is 1.14 bits per heavy atom. The van der Waals surface area contributed by atoms with Crippen LogP contribution < -0.4 is 10.1 Å². The van der Waals surface area contributed by atoms with Gasteiger partial charge in [0.2, 0.25) is 0 Å². The van der Waals surface area contributed by atoms with E-state index in [-0.39, 0.29) is 6.10 Å². The smallest absolute Gasteiger partial charge is 0.137 e. The highest BCUT2D eigenvalue weighted by atomic mass is 16.5. The Hall–Kier alpha value is -1.10. The first-order chi connectivity index (χ1) is 10.5. The van der Waals surface area contributed by atoms with E-state index >= 15 is 0 Å². The molecule has 0 aliphatic heterocycles. The van der Waals surface area contributed by atoms with E-state index in [1.54, 1.807) is 0 Å². The Bertz CT molecular complexity index is 481. The molecular formula is C18H30NO3+. The van der Waals surface area contributed by atoms with E-state index in [1.807, 2.05) is 6.92 Å². The summed E-state index contributed by atoms with van der Waals surface area (Å²) in [6.45, 7) is 7.15. The summed E-state index contributed by atoms with van der Waals surface area (Å²) in [6, 6.07) is 4.68. The Labute approximate surface area is 133 Å². The summed E-state index contributed by atoms with van der Waals surface area (Å²) in [5.74, 6) is 0.903. The molecule has 1 fully saturated rings. The third kappa shape index (κ3) is 4.70. The van der Waals surface area contributed by atoms with Gasteiger partial charge in [-0.3, -0.25) is 0 Å². The molecule has 22 heavy (non-hydrogen) atoms. The molecule has 1 atom stereocenters. The minimum Gasteiger partial charge on any atom is -0.490 e. The van der Waals surface area contributed by atoms with Gasteiger partial charge in [-0.15, -0.1) is 0 Å². The zero-order chi connectivity index (χ0) is 16.1. The molecule has 0 saturated heterocycles. The number of aryl methyl sites for hydroxylation is 2. The van der Waals surface area contributed by atoms with Crippen molar-refractivity contribution in [3.63, 3.8) is 0 Å². The van der Waals surface area contributed by atoms with Crippen molar-refractivity contribution in [1.29, 1.82) is 0 Å². The molecule has 0 aromatic heterocycles. The van der Waals surface area contributed by atoms with Crippen molar-refractivity contribution in [2.45, 2.75) is 64.7 Å². The van der Waals surface area contributed by atoms with Crippen LogP contribution in [0.1, 0.15) is 42.4 Å². The van der Waals surface area contributed by atoms with Crippen LogP contribution in [0.2, 0.25) is 0 Å². The van der Waals surface area contributed by atoms with Gasteiger partial charge in [0.05, 0.1) is 12.1 Å². The van der Waals surface area contributed by atoms with Crippen molar-refractivity contribution in [3.8, 4) is 5.75 Å². The molecule has 4 N–H and O–H groups in total. The Kier molecular flexibility index (Phi) is 6.24. The van der Waals surface area contributed by atoms with E-state index in [0.717, 1.165) is 42.6 Å². The monoisotopic (exact) mass is 308 g/mol. The molecule has 124 valence electrons. The van der Waals surface area contributed by atoms with Crippen LogP contribution in [0.5, 0.6) is 5.75 Å². The van der Waals surface area contributed by atoms with Crippen LogP contribution in [0.3, 0.4) is 0 Å². The average molecular weight is 308 g/mol. The van der Waals surface area contributed by atoms with Crippen LogP contribution in [0.25, 0.3) is 0 Å². The predicted molar refractivity (Wildman–Crippen MR) is 87.2 cm³/mol. The fourth-order valence-corrected chi connectivity index (χ4v) is 3.08. The van der Waals surface area contributed by atoms with Gasteiger partial charge in [0.1, 0.15) is 25.0 Å². The molecule has 0 spiro atoms. The number of hydrogen-bond donors (Lipinski definition) is 3. The molecule has 0 heterocycles. The third-order valence-electron chi connectivity index (χ3n) is 4.78. The van der Waals surface area contributed by atoms with Crippen molar-refractivity contribution in [3.05, 3.63) is 28.8 Å². The molecule has 1 aliphatic rings. The molecule has 0 bridgehead atoms. The lowest BCUT2D eigenvalue weighted by atomic mass is 9.93. The summed E-state index contributed by atoms with van der Waals surface area (Å²) in [5, 5.41) is 21.8. The van der Waals surface area contributed by atoms with E-state index in [2.05, 4.69) is 31.3 Å². The standard InChI is InChI=1S/C18H29NO3/c1-12-4-5-13(2)18(14(12)3)22-11-17(21)10-19-15-6-8-16(20)9-7-15/h4-5,15-17,19-21H,6-11H2,1-3H3/p+1/t15?,16?,17-/m1/s1. The predicted octanol–water partition coefficient (Wildman–Crippen LogP) is 1.22.